The molecule has 0 aromatic heterocycles. The summed E-state index contributed by atoms with van der Waals surface area (Å²) < 4.78 is 0. The van der Waals surface area contributed by atoms with Gasteiger partial charge in [0.15, 0.2) is 5.11 Å². The molecule has 2 aromatic carbocycles. The molecule has 1 atom stereocenters. The first-order valence-electron chi connectivity index (χ1n) is 9.77. The molecule has 0 saturated carbocycles. The lowest BCUT2D eigenvalue weighted by Crippen LogP contribution is -2.51. The molecule has 1 aliphatic heterocycles. The lowest BCUT2D eigenvalue weighted by Gasteiger charge is -2.25. The lowest BCUT2D eigenvalue weighted by molar-refractivity contribution is -0.119. The van der Waals surface area contributed by atoms with Crippen LogP contribution in [0.4, 0.5) is 5.69 Å². The Bertz CT molecular complexity index is 1040. The van der Waals surface area contributed by atoms with Crippen LogP contribution >= 0.6 is 35.4 Å². The van der Waals surface area contributed by atoms with E-state index < -0.39 is 6.17 Å². The van der Waals surface area contributed by atoms with Crippen molar-refractivity contribution in [3.05, 3.63) is 63.6 Å². The van der Waals surface area contributed by atoms with Gasteiger partial charge in [0, 0.05) is 34.8 Å². The highest BCUT2D eigenvalue weighted by atomic mass is 35.5. The molecule has 6 nitrogen and oxygen atoms in total. The van der Waals surface area contributed by atoms with Crippen molar-refractivity contribution in [2.75, 3.05) is 25.0 Å². The number of anilines is 1. The number of fused-ring (bicyclic) bond motifs is 1. The average Bonchev–Trinajstić information content (AvgIpc) is 2.83. The molecule has 1 heterocycles. The SMILES string of the molecule is CN1C(=O)C(NC(=S)NCC(C)(C)CN)N=C(c2ccccc2Cl)c2cc(Cl)ccc21. The molecule has 1 amide bonds. The Labute approximate surface area is 197 Å². The van der Waals surface area contributed by atoms with Crippen molar-refractivity contribution in [2.24, 2.45) is 16.1 Å². The molecule has 0 bridgehead atoms. The normalized spacial score (nSPS) is 16.3. The molecule has 0 saturated heterocycles. The van der Waals surface area contributed by atoms with Crippen molar-refractivity contribution < 1.29 is 4.79 Å². The maximum Gasteiger partial charge on any atom is 0.272 e. The standard InChI is InChI=1S/C22H25Cl2N5OS/c1-22(2,11-25)12-26-21(31)28-19-20(30)29(3)17-9-8-13(23)10-15(17)18(27-19)14-6-4-5-7-16(14)24/h4-10,19H,11-12,25H2,1-3H3,(H2,26,28,31). The summed E-state index contributed by atoms with van der Waals surface area (Å²) in [4.78, 5) is 19.5. The number of aliphatic imine (C=N–C) groups is 1. The van der Waals surface area contributed by atoms with Crippen molar-refractivity contribution >= 4 is 57.8 Å². The first-order valence-corrected chi connectivity index (χ1v) is 10.9. The molecule has 1 aliphatic rings. The summed E-state index contributed by atoms with van der Waals surface area (Å²) in [6, 6.07) is 12.7. The Kier molecular flexibility index (Phi) is 7.21. The number of amides is 1. The molecule has 164 valence electrons. The zero-order chi connectivity index (χ0) is 22.8. The van der Waals surface area contributed by atoms with E-state index >= 15 is 0 Å². The van der Waals surface area contributed by atoms with Gasteiger partial charge in [-0.25, -0.2) is 4.99 Å². The summed E-state index contributed by atoms with van der Waals surface area (Å²) in [6.07, 6.45) is -0.941. The molecule has 0 radical (unpaired) electrons. The number of halogens is 2. The van der Waals surface area contributed by atoms with Crippen molar-refractivity contribution in [2.45, 2.75) is 20.0 Å². The van der Waals surface area contributed by atoms with Gasteiger partial charge >= 0.3 is 0 Å². The number of hydrogen-bond acceptors (Lipinski definition) is 4. The number of rotatable bonds is 5. The molecular weight excluding hydrogens is 453 g/mol. The summed E-state index contributed by atoms with van der Waals surface area (Å²) in [5, 5.41) is 7.53. The third-order valence-corrected chi connectivity index (χ3v) is 5.90. The van der Waals surface area contributed by atoms with Crippen molar-refractivity contribution in [3.63, 3.8) is 0 Å². The number of benzodiazepines with no additional fused rings is 1. The Balaban J connectivity index is 2.02. The van der Waals surface area contributed by atoms with E-state index in [-0.39, 0.29) is 11.3 Å². The van der Waals surface area contributed by atoms with E-state index in [9.17, 15) is 4.79 Å². The van der Waals surface area contributed by atoms with Gasteiger partial charge in [-0.15, -0.1) is 0 Å². The van der Waals surface area contributed by atoms with E-state index in [1.54, 1.807) is 36.2 Å². The van der Waals surface area contributed by atoms with E-state index in [4.69, 9.17) is 46.1 Å². The predicted octanol–water partition coefficient (Wildman–Crippen LogP) is 3.58. The number of benzene rings is 2. The average molecular weight is 478 g/mol. The minimum atomic E-state index is -0.941. The summed E-state index contributed by atoms with van der Waals surface area (Å²) >= 11 is 18.2. The van der Waals surface area contributed by atoms with Gasteiger partial charge in [0.05, 0.1) is 11.4 Å². The van der Waals surface area contributed by atoms with Gasteiger partial charge in [-0.05, 0) is 48.4 Å². The van der Waals surface area contributed by atoms with Gasteiger partial charge in [-0.3, -0.25) is 4.79 Å². The minimum Gasteiger partial charge on any atom is -0.362 e. The molecule has 31 heavy (non-hydrogen) atoms. The lowest BCUT2D eigenvalue weighted by atomic mass is 9.94. The van der Waals surface area contributed by atoms with Gasteiger partial charge < -0.3 is 21.3 Å². The largest absolute Gasteiger partial charge is 0.362 e. The number of carbonyl (C=O) groups excluding carboxylic acids is 1. The van der Waals surface area contributed by atoms with Gasteiger partial charge in [-0.1, -0.05) is 55.2 Å². The molecule has 2 aromatic rings. The Morgan fingerprint density at radius 2 is 1.94 bits per heavy atom. The topological polar surface area (TPSA) is 82.8 Å². The number of nitrogens with zero attached hydrogens (tertiary/aromatic N) is 2. The number of hydrogen-bond donors (Lipinski definition) is 3. The van der Waals surface area contributed by atoms with Crippen LogP contribution in [-0.2, 0) is 4.79 Å². The van der Waals surface area contributed by atoms with Gasteiger partial charge in [0.25, 0.3) is 5.91 Å². The van der Waals surface area contributed by atoms with Crippen LogP contribution in [-0.4, -0.2) is 43.0 Å². The van der Waals surface area contributed by atoms with Crippen LogP contribution in [0.2, 0.25) is 10.0 Å². The van der Waals surface area contributed by atoms with Gasteiger partial charge in [-0.2, -0.15) is 0 Å². The summed E-state index contributed by atoms with van der Waals surface area (Å²) in [6.45, 7) is 5.12. The molecule has 4 N–H and O–H groups in total. The maximum atomic E-state index is 13.2. The van der Waals surface area contributed by atoms with Crippen LogP contribution in [0.5, 0.6) is 0 Å². The third kappa shape index (κ3) is 5.36. The number of nitrogens with two attached hydrogens (primary N) is 1. The second kappa shape index (κ2) is 9.53. The van der Waals surface area contributed by atoms with Crippen LogP contribution in [0.25, 0.3) is 0 Å². The van der Waals surface area contributed by atoms with Gasteiger partial charge in [0.1, 0.15) is 0 Å². The van der Waals surface area contributed by atoms with E-state index in [2.05, 4.69) is 10.6 Å². The predicted molar refractivity (Wildman–Crippen MR) is 132 cm³/mol. The maximum absolute atomic E-state index is 13.2. The van der Waals surface area contributed by atoms with Crippen LogP contribution in [0.1, 0.15) is 25.0 Å². The molecule has 9 heteroatoms. The molecule has 0 aliphatic carbocycles. The second-order valence-corrected chi connectivity index (χ2v) is 9.37. The highest BCUT2D eigenvalue weighted by Gasteiger charge is 2.31. The van der Waals surface area contributed by atoms with Crippen LogP contribution in [0.15, 0.2) is 47.5 Å². The first kappa shape index (κ1) is 23.5. The first-order chi connectivity index (χ1) is 14.6. The second-order valence-electron chi connectivity index (χ2n) is 8.11. The number of likely N-dealkylation sites (N-methyl/N-ethyl adjacent to an activating group) is 1. The van der Waals surface area contributed by atoms with Crippen LogP contribution in [0, 0.1) is 5.41 Å². The fourth-order valence-electron chi connectivity index (χ4n) is 3.08. The smallest absolute Gasteiger partial charge is 0.272 e. The van der Waals surface area contributed by atoms with E-state index in [1.165, 1.54) is 0 Å². The Morgan fingerprint density at radius 1 is 1.23 bits per heavy atom. The fraction of sp³-hybridized carbons (Fsp3) is 0.318. The third-order valence-electron chi connectivity index (χ3n) is 5.07. The zero-order valence-corrected chi connectivity index (χ0v) is 19.9. The quantitative estimate of drug-likeness (QED) is 0.573. The Hall–Kier alpha value is -2.19. The highest BCUT2D eigenvalue weighted by Crippen LogP contribution is 2.31. The molecule has 1 unspecified atom stereocenters. The summed E-state index contributed by atoms with van der Waals surface area (Å²) in [5.41, 5.74) is 8.29. The van der Waals surface area contributed by atoms with Crippen molar-refractivity contribution in [1.82, 2.24) is 10.6 Å². The number of thiocarbonyl (C=S) groups is 1. The monoisotopic (exact) mass is 477 g/mol. The van der Waals surface area contributed by atoms with Crippen molar-refractivity contribution in [1.29, 1.82) is 0 Å². The van der Waals surface area contributed by atoms with Crippen LogP contribution < -0.4 is 21.3 Å². The Morgan fingerprint density at radius 3 is 2.61 bits per heavy atom. The summed E-state index contributed by atoms with van der Waals surface area (Å²) in [7, 11) is 1.70. The molecular formula is C22H25Cl2N5OS. The van der Waals surface area contributed by atoms with Gasteiger partial charge in [0.2, 0.25) is 6.17 Å². The zero-order valence-electron chi connectivity index (χ0n) is 17.6. The van der Waals surface area contributed by atoms with E-state index in [0.717, 1.165) is 0 Å². The number of carbonyl (C=O) groups is 1. The summed E-state index contributed by atoms with van der Waals surface area (Å²) in [5.74, 6) is -0.257. The fourth-order valence-corrected chi connectivity index (χ4v) is 3.66. The van der Waals surface area contributed by atoms with E-state index in [1.807, 2.05) is 32.0 Å². The highest BCUT2D eigenvalue weighted by molar-refractivity contribution is 7.80. The van der Waals surface area contributed by atoms with Crippen LogP contribution in [0.3, 0.4) is 0 Å². The van der Waals surface area contributed by atoms with Crippen molar-refractivity contribution in [3.8, 4) is 0 Å². The molecule has 0 spiro atoms. The molecule has 0 fully saturated rings. The molecule has 3 rings (SSSR count). The van der Waals surface area contributed by atoms with E-state index in [0.29, 0.717) is 50.8 Å². The number of nitrogens with one attached hydrogen (secondary N) is 2. The minimum absolute atomic E-state index is 0.144.